The van der Waals surface area contributed by atoms with Crippen molar-refractivity contribution in [3.05, 3.63) is 0 Å². The highest BCUT2D eigenvalue weighted by Crippen LogP contribution is 2.06. The van der Waals surface area contributed by atoms with Crippen molar-refractivity contribution in [2.75, 3.05) is 13.1 Å². The van der Waals surface area contributed by atoms with Gasteiger partial charge in [-0.1, -0.05) is 6.92 Å². The molecule has 0 radical (unpaired) electrons. The number of nitrogens with one attached hydrogen (secondary N) is 2. The molecular weight excluding hydrogens is 206 g/mol. The van der Waals surface area contributed by atoms with Crippen LogP contribution in [0.2, 0.25) is 0 Å². The molecule has 2 amide bonds. The number of rotatable bonds is 6. The molecule has 0 aromatic carbocycles. The van der Waals surface area contributed by atoms with Gasteiger partial charge in [0.25, 0.3) is 0 Å². The van der Waals surface area contributed by atoms with E-state index in [0.717, 1.165) is 12.8 Å². The molecule has 4 N–H and O–H groups in total. The summed E-state index contributed by atoms with van der Waals surface area (Å²) in [4.78, 5) is 22.4. The topological polar surface area (TPSA) is 84.2 Å². The highest BCUT2D eigenvalue weighted by atomic mass is 16.2. The van der Waals surface area contributed by atoms with Crippen molar-refractivity contribution in [2.24, 2.45) is 11.7 Å². The molecule has 1 aliphatic heterocycles. The Kier molecular flexibility index (Phi) is 5.25. The van der Waals surface area contributed by atoms with Crippen molar-refractivity contribution in [1.29, 1.82) is 0 Å². The summed E-state index contributed by atoms with van der Waals surface area (Å²) >= 11 is 0. The second kappa shape index (κ2) is 6.48. The summed E-state index contributed by atoms with van der Waals surface area (Å²) in [6, 6.07) is 0.114. The van der Waals surface area contributed by atoms with E-state index in [1.807, 2.05) is 6.92 Å². The van der Waals surface area contributed by atoms with E-state index in [-0.39, 0.29) is 17.9 Å². The lowest BCUT2D eigenvalue weighted by Crippen LogP contribution is -2.38. The van der Waals surface area contributed by atoms with Crippen LogP contribution in [-0.2, 0) is 9.59 Å². The maximum atomic E-state index is 11.4. The fourth-order valence-electron chi connectivity index (χ4n) is 1.65. The van der Waals surface area contributed by atoms with E-state index >= 15 is 0 Å². The van der Waals surface area contributed by atoms with Crippen LogP contribution < -0.4 is 16.4 Å². The summed E-state index contributed by atoms with van der Waals surface area (Å²) < 4.78 is 0. The molecule has 1 heterocycles. The molecule has 0 bridgehead atoms. The smallest absolute Gasteiger partial charge is 0.220 e. The zero-order chi connectivity index (χ0) is 12.0. The zero-order valence-corrected chi connectivity index (χ0v) is 9.79. The van der Waals surface area contributed by atoms with E-state index < -0.39 is 0 Å². The first-order valence-electron chi connectivity index (χ1n) is 5.88. The number of hydrogen-bond acceptors (Lipinski definition) is 3. The quantitative estimate of drug-likeness (QED) is 0.585. The van der Waals surface area contributed by atoms with E-state index in [2.05, 4.69) is 10.6 Å². The van der Waals surface area contributed by atoms with Gasteiger partial charge >= 0.3 is 0 Å². The molecule has 2 unspecified atom stereocenters. The van der Waals surface area contributed by atoms with Crippen LogP contribution >= 0.6 is 0 Å². The lowest BCUT2D eigenvalue weighted by Gasteiger charge is -2.12. The highest BCUT2D eigenvalue weighted by molar-refractivity contribution is 5.79. The maximum absolute atomic E-state index is 11.4. The Morgan fingerprint density at radius 3 is 3.00 bits per heavy atom. The molecule has 1 rings (SSSR count). The van der Waals surface area contributed by atoms with Gasteiger partial charge < -0.3 is 16.4 Å². The number of amides is 2. The minimum atomic E-state index is 0.0430. The first kappa shape index (κ1) is 13.0. The van der Waals surface area contributed by atoms with Crippen molar-refractivity contribution >= 4 is 11.8 Å². The zero-order valence-electron chi connectivity index (χ0n) is 9.79. The Labute approximate surface area is 96.1 Å². The molecule has 0 aliphatic carbocycles. The minimum Gasteiger partial charge on any atom is -0.354 e. The normalized spacial score (nSPS) is 21.6. The third-order valence-electron chi connectivity index (χ3n) is 2.90. The van der Waals surface area contributed by atoms with E-state index in [1.54, 1.807) is 0 Å². The number of carbonyl (C=O) groups excluding carboxylic acids is 2. The van der Waals surface area contributed by atoms with Crippen molar-refractivity contribution in [3.8, 4) is 0 Å². The number of carbonyl (C=O) groups is 2. The Balaban J connectivity index is 2.08. The van der Waals surface area contributed by atoms with Gasteiger partial charge in [-0.3, -0.25) is 9.59 Å². The Hall–Kier alpha value is -1.10. The monoisotopic (exact) mass is 227 g/mol. The van der Waals surface area contributed by atoms with Gasteiger partial charge in [-0.25, -0.2) is 0 Å². The largest absolute Gasteiger partial charge is 0.354 e. The van der Waals surface area contributed by atoms with E-state index in [4.69, 9.17) is 5.73 Å². The molecule has 16 heavy (non-hydrogen) atoms. The Bertz CT molecular complexity index is 256. The van der Waals surface area contributed by atoms with Crippen molar-refractivity contribution in [3.63, 3.8) is 0 Å². The molecule has 92 valence electrons. The molecule has 2 atom stereocenters. The molecule has 0 aromatic rings. The lowest BCUT2D eigenvalue weighted by molar-refractivity contribution is -0.122. The molecule has 1 aliphatic rings. The fourth-order valence-corrected chi connectivity index (χ4v) is 1.65. The average Bonchev–Trinajstić information content (AvgIpc) is 2.69. The van der Waals surface area contributed by atoms with Gasteiger partial charge in [-0.15, -0.1) is 0 Å². The van der Waals surface area contributed by atoms with Gasteiger partial charge in [0.2, 0.25) is 11.8 Å². The lowest BCUT2D eigenvalue weighted by atomic mass is 10.1. The van der Waals surface area contributed by atoms with E-state index in [9.17, 15) is 9.59 Å². The van der Waals surface area contributed by atoms with Gasteiger partial charge in [-0.2, -0.15) is 0 Å². The Morgan fingerprint density at radius 2 is 2.44 bits per heavy atom. The third-order valence-corrected chi connectivity index (χ3v) is 2.90. The fraction of sp³-hybridized carbons (Fsp3) is 0.818. The van der Waals surface area contributed by atoms with E-state index in [0.29, 0.717) is 31.8 Å². The van der Waals surface area contributed by atoms with Crippen LogP contribution in [0.1, 0.15) is 32.6 Å². The van der Waals surface area contributed by atoms with Crippen molar-refractivity contribution in [1.82, 2.24) is 10.6 Å². The van der Waals surface area contributed by atoms with Crippen LogP contribution in [0, 0.1) is 5.92 Å². The summed E-state index contributed by atoms with van der Waals surface area (Å²) in [6.45, 7) is 3.19. The average molecular weight is 227 g/mol. The van der Waals surface area contributed by atoms with Gasteiger partial charge in [-0.05, 0) is 25.3 Å². The van der Waals surface area contributed by atoms with Crippen LogP contribution in [-0.4, -0.2) is 30.9 Å². The predicted molar refractivity (Wildman–Crippen MR) is 61.6 cm³/mol. The van der Waals surface area contributed by atoms with Gasteiger partial charge in [0.05, 0.1) is 0 Å². The van der Waals surface area contributed by atoms with Crippen LogP contribution in [0.25, 0.3) is 0 Å². The predicted octanol–water partition coefficient (Wildman–Crippen LogP) is -0.244. The molecule has 0 aromatic heterocycles. The summed E-state index contributed by atoms with van der Waals surface area (Å²) in [5, 5.41) is 5.64. The Morgan fingerprint density at radius 1 is 1.69 bits per heavy atom. The van der Waals surface area contributed by atoms with Crippen LogP contribution in [0.3, 0.4) is 0 Å². The molecule has 5 nitrogen and oxygen atoms in total. The highest BCUT2D eigenvalue weighted by Gasteiger charge is 2.20. The SMILES string of the molecule is CC(CN)CCC(=O)NCC1CCC(=O)N1. The standard InChI is InChI=1S/C11H21N3O2/c1-8(6-12)2-4-10(15)13-7-9-3-5-11(16)14-9/h8-9H,2-7,12H2,1H3,(H,13,15)(H,14,16). The minimum absolute atomic E-state index is 0.0430. The molecule has 1 fully saturated rings. The van der Waals surface area contributed by atoms with Crippen LogP contribution in [0.4, 0.5) is 0 Å². The molecule has 5 heteroatoms. The number of hydrogen-bond donors (Lipinski definition) is 3. The molecule has 1 saturated heterocycles. The first-order chi connectivity index (χ1) is 7.61. The summed E-state index contributed by atoms with van der Waals surface area (Å²) in [6.07, 6.45) is 2.72. The van der Waals surface area contributed by atoms with Gasteiger partial charge in [0.15, 0.2) is 0 Å². The molecule has 0 spiro atoms. The maximum Gasteiger partial charge on any atom is 0.220 e. The molecular formula is C11H21N3O2. The van der Waals surface area contributed by atoms with E-state index in [1.165, 1.54) is 0 Å². The van der Waals surface area contributed by atoms with Gasteiger partial charge in [0.1, 0.15) is 0 Å². The van der Waals surface area contributed by atoms with Crippen molar-refractivity contribution < 1.29 is 9.59 Å². The molecule has 0 saturated carbocycles. The summed E-state index contributed by atoms with van der Waals surface area (Å²) in [5.74, 6) is 0.509. The third kappa shape index (κ3) is 4.61. The van der Waals surface area contributed by atoms with Gasteiger partial charge in [0, 0.05) is 25.4 Å². The second-order valence-corrected chi connectivity index (χ2v) is 4.49. The van der Waals surface area contributed by atoms with Crippen LogP contribution in [0.15, 0.2) is 0 Å². The first-order valence-corrected chi connectivity index (χ1v) is 5.88. The van der Waals surface area contributed by atoms with Crippen molar-refractivity contribution in [2.45, 2.75) is 38.6 Å². The number of nitrogens with two attached hydrogens (primary N) is 1. The van der Waals surface area contributed by atoms with Crippen LogP contribution in [0.5, 0.6) is 0 Å². The summed E-state index contributed by atoms with van der Waals surface area (Å²) in [7, 11) is 0. The second-order valence-electron chi connectivity index (χ2n) is 4.49. The summed E-state index contributed by atoms with van der Waals surface area (Å²) in [5.41, 5.74) is 5.47.